The summed E-state index contributed by atoms with van der Waals surface area (Å²) < 4.78 is 10.5. The van der Waals surface area contributed by atoms with Gasteiger partial charge in [0.1, 0.15) is 5.76 Å². The van der Waals surface area contributed by atoms with Gasteiger partial charge in [-0.2, -0.15) is 0 Å². The van der Waals surface area contributed by atoms with Crippen molar-refractivity contribution < 1.29 is 9.15 Å². The van der Waals surface area contributed by atoms with Crippen molar-refractivity contribution in [2.75, 3.05) is 26.8 Å². The standard InChI is InChI=1S/C11H18N2O2/c1-14-8-6-13-5-4-9(12)11(13)10-3-2-7-15-10/h2-3,7,9,11H,4-6,8,12H2,1H3. The molecule has 0 amide bonds. The molecule has 1 fully saturated rings. The van der Waals surface area contributed by atoms with Gasteiger partial charge in [-0.3, -0.25) is 4.90 Å². The topological polar surface area (TPSA) is 51.6 Å². The summed E-state index contributed by atoms with van der Waals surface area (Å²) >= 11 is 0. The Balaban J connectivity index is 2.05. The van der Waals surface area contributed by atoms with Crippen molar-refractivity contribution in [3.63, 3.8) is 0 Å². The molecule has 2 heterocycles. The van der Waals surface area contributed by atoms with Crippen molar-refractivity contribution >= 4 is 0 Å². The van der Waals surface area contributed by atoms with Crippen molar-refractivity contribution in [1.29, 1.82) is 0 Å². The maximum Gasteiger partial charge on any atom is 0.122 e. The first-order valence-electron chi connectivity index (χ1n) is 5.35. The average molecular weight is 210 g/mol. The molecule has 15 heavy (non-hydrogen) atoms. The van der Waals surface area contributed by atoms with E-state index in [1.165, 1.54) is 0 Å². The molecule has 0 aliphatic carbocycles. The van der Waals surface area contributed by atoms with E-state index in [1.54, 1.807) is 13.4 Å². The van der Waals surface area contributed by atoms with Crippen LogP contribution in [0.4, 0.5) is 0 Å². The van der Waals surface area contributed by atoms with Gasteiger partial charge >= 0.3 is 0 Å². The maximum absolute atomic E-state index is 6.09. The van der Waals surface area contributed by atoms with Gasteiger partial charge in [0, 0.05) is 26.2 Å². The monoisotopic (exact) mass is 210 g/mol. The van der Waals surface area contributed by atoms with Crippen molar-refractivity contribution in [1.82, 2.24) is 4.90 Å². The van der Waals surface area contributed by atoms with E-state index < -0.39 is 0 Å². The highest BCUT2D eigenvalue weighted by atomic mass is 16.5. The van der Waals surface area contributed by atoms with Crippen LogP contribution in [0.5, 0.6) is 0 Å². The highest BCUT2D eigenvalue weighted by molar-refractivity contribution is 5.10. The van der Waals surface area contributed by atoms with Crippen LogP contribution in [-0.2, 0) is 4.74 Å². The van der Waals surface area contributed by atoms with E-state index in [1.807, 2.05) is 12.1 Å². The molecule has 0 bridgehead atoms. The number of likely N-dealkylation sites (tertiary alicyclic amines) is 1. The molecule has 84 valence electrons. The zero-order valence-corrected chi connectivity index (χ0v) is 9.06. The molecule has 1 aromatic rings. The summed E-state index contributed by atoms with van der Waals surface area (Å²) in [5.41, 5.74) is 6.09. The third kappa shape index (κ3) is 2.22. The van der Waals surface area contributed by atoms with Crippen LogP contribution in [0.2, 0.25) is 0 Å². The number of rotatable bonds is 4. The van der Waals surface area contributed by atoms with E-state index in [0.29, 0.717) is 0 Å². The molecule has 1 aliphatic heterocycles. The van der Waals surface area contributed by atoms with Crippen LogP contribution in [0, 0.1) is 0 Å². The number of methoxy groups -OCH3 is 1. The summed E-state index contributed by atoms with van der Waals surface area (Å²) in [5.74, 6) is 0.969. The van der Waals surface area contributed by atoms with Crippen molar-refractivity contribution in [2.24, 2.45) is 5.73 Å². The number of ether oxygens (including phenoxy) is 1. The second-order valence-electron chi connectivity index (χ2n) is 3.94. The molecule has 1 aliphatic rings. The maximum atomic E-state index is 6.09. The average Bonchev–Trinajstić information content (AvgIpc) is 2.84. The molecule has 1 aromatic heterocycles. The quantitative estimate of drug-likeness (QED) is 0.805. The van der Waals surface area contributed by atoms with E-state index in [-0.39, 0.29) is 12.1 Å². The van der Waals surface area contributed by atoms with Gasteiger partial charge in [-0.15, -0.1) is 0 Å². The number of nitrogens with zero attached hydrogens (tertiary/aromatic N) is 1. The molecular weight excluding hydrogens is 192 g/mol. The lowest BCUT2D eigenvalue weighted by atomic mass is 10.1. The Bertz CT molecular complexity index is 287. The summed E-state index contributed by atoms with van der Waals surface area (Å²) in [6, 6.07) is 4.30. The summed E-state index contributed by atoms with van der Waals surface area (Å²) in [6.07, 6.45) is 2.73. The molecule has 2 unspecified atom stereocenters. The van der Waals surface area contributed by atoms with Gasteiger partial charge in [-0.25, -0.2) is 0 Å². The molecule has 2 atom stereocenters. The normalized spacial score (nSPS) is 27.3. The fraction of sp³-hybridized carbons (Fsp3) is 0.636. The third-order valence-corrected chi connectivity index (χ3v) is 2.97. The fourth-order valence-electron chi connectivity index (χ4n) is 2.19. The van der Waals surface area contributed by atoms with E-state index >= 15 is 0 Å². The smallest absolute Gasteiger partial charge is 0.122 e. The second-order valence-corrected chi connectivity index (χ2v) is 3.94. The number of nitrogens with two attached hydrogens (primary N) is 1. The minimum absolute atomic E-state index is 0.174. The highest BCUT2D eigenvalue weighted by Crippen LogP contribution is 2.30. The first kappa shape index (κ1) is 10.7. The number of hydrogen-bond donors (Lipinski definition) is 1. The Labute approximate surface area is 90.0 Å². The van der Waals surface area contributed by atoms with Crippen molar-refractivity contribution in [2.45, 2.75) is 18.5 Å². The first-order valence-corrected chi connectivity index (χ1v) is 5.35. The third-order valence-electron chi connectivity index (χ3n) is 2.97. The second kappa shape index (κ2) is 4.79. The van der Waals surface area contributed by atoms with E-state index in [0.717, 1.165) is 31.9 Å². The van der Waals surface area contributed by atoms with Crippen LogP contribution in [-0.4, -0.2) is 37.7 Å². The van der Waals surface area contributed by atoms with Gasteiger partial charge in [-0.1, -0.05) is 0 Å². The van der Waals surface area contributed by atoms with Gasteiger partial charge in [-0.05, 0) is 18.6 Å². The summed E-state index contributed by atoms with van der Waals surface area (Å²) in [4.78, 5) is 2.33. The van der Waals surface area contributed by atoms with Crippen LogP contribution in [0.3, 0.4) is 0 Å². The molecule has 0 saturated carbocycles. The van der Waals surface area contributed by atoms with E-state index in [2.05, 4.69) is 4.90 Å². The molecule has 2 rings (SSSR count). The van der Waals surface area contributed by atoms with Crippen LogP contribution >= 0.6 is 0 Å². The Kier molecular flexibility index (Phi) is 3.41. The molecule has 0 spiro atoms. The van der Waals surface area contributed by atoms with E-state index in [9.17, 15) is 0 Å². The highest BCUT2D eigenvalue weighted by Gasteiger charge is 2.34. The van der Waals surface area contributed by atoms with Crippen molar-refractivity contribution in [3.8, 4) is 0 Å². The lowest BCUT2D eigenvalue weighted by Gasteiger charge is -2.24. The molecule has 0 aromatic carbocycles. The largest absolute Gasteiger partial charge is 0.468 e. The first-order chi connectivity index (χ1) is 7.33. The minimum Gasteiger partial charge on any atom is -0.468 e. The molecule has 4 heteroatoms. The van der Waals surface area contributed by atoms with Gasteiger partial charge in [0.2, 0.25) is 0 Å². The Morgan fingerprint density at radius 3 is 3.20 bits per heavy atom. The zero-order valence-electron chi connectivity index (χ0n) is 9.06. The summed E-state index contributed by atoms with van der Waals surface area (Å²) in [5, 5.41) is 0. The molecule has 1 saturated heterocycles. The molecule has 2 N–H and O–H groups in total. The van der Waals surface area contributed by atoms with E-state index in [4.69, 9.17) is 14.9 Å². The summed E-state index contributed by atoms with van der Waals surface area (Å²) in [7, 11) is 1.72. The zero-order chi connectivity index (χ0) is 10.7. The molecule has 0 radical (unpaired) electrons. The lowest BCUT2D eigenvalue weighted by Crippen LogP contribution is -2.33. The Morgan fingerprint density at radius 2 is 2.53 bits per heavy atom. The minimum atomic E-state index is 0.174. The van der Waals surface area contributed by atoms with Crippen molar-refractivity contribution in [3.05, 3.63) is 24.2 Å². The Morgan fingerprint density at radius 1 is 1.67 bits per heavy atom. The molecular formula is C11H18N2O2. The fourth-order valence-corrected chi connectivity index (χ4v) is 2.19. The van der Waals surface area contributed by atoms with Crippen LogP contribution < -0.4 is 5.73 Å². The number of furan rings is 1. The van der Waals surface area contributed by atoms with Crippen LogP contribution in [0.25, 0.3) is 0 Å². The number of hydrogen-bond acceptors (Lipinski definition) is 4. The summed E-state index contributed by atoms with van der Waals surface area (Å²) in [6.45, 7) is 2.68. The van der Waals surface area contributed by atoms with Gasteiger partial charge in [0.05, 0.1) is 18.9 Å². The Hall–Kier alpha value is -0.840. The SMILES string of the molecule is COCCN1CCC(N)C1c1ccco1. The van der Waals surface area contributed by atoms with Gasteiger partial charge < -0.3 is 14.9 Å². The predicted octanol–water partition coefficient (Wildman–Crippen LogP) is 1.00. The lowest BCUT2D eigenvalue weighted by molar-refractivity contribution is 0.131. The van der Waals surface area contributed by atoms with Gasteiger partial charge in [0.25, 0.3) is 0 Å². The van der Waals surface area contributed by atoms with Crippen LogP contribution in [0.15, 0.2) is 22.8 Å². The van der Waals surface area contributed by atoms with Gasteiger partial charge in [0.15, 0.2) is 0 Å². The predicted molar refractivity (Wildman–Crippen MR) is 57.5 cm³/mol. The van der Waals surface area contributed by atoms with Crippen LogP contribution in [0.1, 0.15) is 18.2 Å². The molecule has 4 nitrogen and oxygen atoms in total.